The number of oxazole rings is 1. The molecule has 7 nitrogen and oxygen atoms in total. The van der Waals surface area contributed by atoms with Gasteiger partial charge in [0.2, 0.25) is 11.8 Å². The maximum atomic E-state index is 13.5. The summed E-state index contributed by atoms with van der Waals surface area (Å²) in [6.07, 6.45) is 0. The number of thioether (sulfide) groups is 1. The quantitative estimate of drug-likeness (QED) is 0.165. The second-order valence-electron chi connectivity index (χ2n) is 9.02. The predicted molar refractivity (Wildman–Crippen MR) is 165 cm³/mol. The van der Waals surface area contributed by atoms with Crippen LogP contribution in [-0.4, -0.2) is 19.3 Å². The lowest BCUT2D eigenvalue weighted by Gasteiger charge is -2.17. The molecule has 0 saturated heterocycles. The zero-order chi connectivity index (χ0) is 28.2. The summed E-state index contributed by atoms with van der Waals surface area (Å²) in [6.45, 7) is 0. The average molecular weight is 598 g/mol. The molecule has 0 saturated carbocycles. The van der Waals surface area contributed by atoms with E-state index in [1.54, 1.807) is 41.8 Å². The number of thiophene rings is 1. The van der Waals surface area contributed by atoms with Crippen molar-refractivity contribution in [2.24, 2.45) is 0 Å². The monoisotopic (exact) mass is 597 g/mol. The van der Waals surface area contributed by atoms with Crippen LogP contribution in [0.5, 0.6) is 0 Å². The summed E-state index contributed by atoms with van der Waals surface area (Å²) in [5, 5.41) is 4.20. The molecule has 0 bridgehead atoms. The van der Waals surface area contributed by atoms with Crippen LogP contribution >= 0.6 is 23.1 Å². The van der Waals surface area contributed by atoms with Gasteiger partial charge in [-0.2, -0.15) is 0 Å². The first-order chi connectivity index (χ1) is 19.9. The smallest absolute Gasteiger partial charge is 0.271 e. The lowest BCUT2D eigenvalue weighted by atomic mass is 10.1. The number of benzene rings is 4. The van der Waals surface area contributed by atoms with E-state index in [9.17, 15) is 13.2 Å². The van der Waals surface area contributed by atoms with Crippen molar-refractivity contribution in [2.75, 3.05) is 10.0 Å². The summed E-state index contributed by atoms with van der Waals surface area (Å²) >= 11 is 2.54. The van der Waals surface area contributed by atoms with Crippen LogP contribution < -0.4 is 10.0 Å². The Morgan fingerprint density at radius 3 is 2.22 bits per heavy atom. The number of sulfonamides is 1. The molecule has 1 atom stereocenters. The van der Waals surface area contributed by atoms with Gasteiger partial charge in [0.05, 0.1) is 0 Å². The molecule has 41 heavy (non-hydrogen) atoms. The standard InChI is InChI=1S/C31H23N3O4S3/c35-30(32-23-14-12-22(13-15-23)31-33-26-9-4-5-10-27(26)38-31)29(21-7-2-1-3-8-21)40-25-18-16-24(17-19-25)34-41(36,37)28-11-6-20-39-28/h1-20,29,34H,(H,32,35). The van der Waals surface area contributed by atoms with Gasteiger partial charge in [0.1, 0.15) is 15.0 Å². The number of nitrogens with one attached hydrogen (secondary N) is 2. The minimum Gasteiger partial charge on any atom is -0.436 e. The minimum atomic E-state index is -3.64. The summed E-state index contributed by atoms with van der Waals surface area (Å²) in [6, 6.07) is 34.7. The van der Waals surface area contributed by atoms with Gasteiger partial charge >= 0.3 is 0 Å². The van der Waals surface area contributed by atoms with Crippen LogP contribution in [0.25, 0.3) is 22.6 Å². The van der Waals surface area contributed by atoms with Crippen molar-refractivity contribution >= 4 is 61.5 Å². The molecular weight excluding hydrogens is 575 g/mol. The number of hydrogen-bond acceptors (Lipinski definition) is 7. The van der Waals surface area contributed by atoms with Gasteiger partial charge in [-0.15, -0.1) is 23.1 Å². The fraction of sp³-hybridized carbons (Fsp3) is 0.0323. The number of carbonyl (C=O) groups excluding carboxylic acids is 1. The molecule has 2 N–H and O–H groups in total. The van der Waals surface area contributed by atoms with Gasteiger partial charge in [0.25, 0.3) is 10.0 Å². The highest BCUT2D eigenvalue weighted by atomic mass is 32.2. The minimum absolute atomic E-state index is 0.182. The number of para-hydroxylation sites is 2. The molecule has 1 unspecified atom stereocenters. The van der Waals surface area contributed by atoms with Crippen molar-refractivity contribution in [3.05, 3.63) is 126 Å². The summed E-state index contributed by atoms with van der Waals surface area (Å²) in [5.41, 5.74) is 4.26. The first-order valence-electron chi connectivity index (χ1n) is 12.6. The normalized spacial score (nSPS) is 12.2. The summed E-state index contributed by atoms with van der Waals surface area (Å²) < 4.78 is 33.8. The number of nitrogens with zero attached hydrogens (tertiary/aromatic N) is 1. The maximum Gasteiger partial charge on any atom is 0.271 e. The van der Waals surface area contributed by atoms with E-state index in [0.29, 0.717) is 17.3 Å². The van der Waals surface area contributed by atoms with Gasteiger partial charge in [-0.1, -0.05) is 48.5 Å². The Morgan fingerprint density at radius 1 is 0.805 bits per heavy atom. The van der Waals surface area contributed by atoms with Crippen LogP contribution in [0.15, 0.2) is 134 Å². The third-order valence-electron chi connectivity index (χ3n) is 6.15. The number of carbonyl (C=O) groups is 1. The van der Waals surface area contributed by atoms with E-state index < -0.39 is 15.3 Å². The Morgan fingerprint density at radius 2 is 1.51 bits per heavy atom. The van der Waals surface area contributed by atoms with Gasteiger partial charge in [-0.25, -0.2) is 13.4 Å². The van der Waals surface area contributed by atoms with Crippen LogP contribution in [0.4, 0.5) is 11.4 Å². The van der Waals surface area contributed by atoms with Gasteiger partial charge in [-0.3, -0.25) is 9.52 Å². The van der Waals surface area contributed by atoms with E-state index >= 15 is 0 Å². The highest BCUT2D eigenvalue weighted by molar-refractivity contribution is 8.00. The Bertz CT molecular complexity index is 1850. The van der Waals surface area contributed by atoms with Crippen LogP contribution in [0.2, 0.25) is 0 Å². The number of rotatable bonds is 9. The zero-order valence-electron chi connectivity index (χ0n) is 21.4. The summed E-state index contributed by atoms with van der Waals surface area (Å²) in [5.74, 6) is 0.334. The summed E-state index contributed by atoms with van der Waals surface area (Å²) in [7, 11) is -3.64. The molecule has 204 valence electrons. The molecule has 0 aliphatic carbocycles. The van der Waals surface area contributed by atoms with E-state index in [2.05, 4.69) is 15.0 Å². The highest BCUT2D eigenvalue weighted by Gasteiger charge is 2.23. The second-order valence-corrected chi connectivity index (χ2v) is 13.1. The van der Waals surface area contributed by atoms with Crippen LogP contribution in [0.1, 0.15) is 10.8 Å². The molecule has 4 aromatic carbocycles. The van der Waals surface area contributed by atoms with E-state index in [1.165, 1.54) is 11.8 Å². The molecular formula is C31H23N3O4S3. The number of aromatic nitrogens is 1. The van der Waals surface area contributed by atoms with E-state index in [1.807, 2.05) is 78.9 Å². The highest BCUT2D eigenvalue weighted by Crippen LogP contribution is 2.37. The molecule has 0 aliphatic rings. The Labute approximate surface area is 245 Å². The third-order valence-corrected chi connectivity index (χ3v) is 10.2. The van der Waals surface area contributed by atoms with Crippen molar-refractivity contribution in [1.82, 2.24) is 4.98 Å². The molecule has 2 aromatic heterocycles. The van der Waals surface area contributed by atoms with E-state index in [4.69, 9.17) is 4.42 Å². The van der Waals surface area contributed by atoms with Gasteiger partial charge < -0.3 is 9.73 Å². The Hall–Kier alpha value is -4.38. The molecule has 2 heterocycles. The molecule has 0 spiro atoms. The zero-order valence-corrected chi connectivity index (χ0v) is 23.9. The molecule has 0 fully saturated rings. The lowest BCUT2D eigenvalue weighted by Crippen LogP contribution is -2.19. The molecule has 6 rings (SSSR count). The van der Waals surface area contributed by atoms with Crippen molar-refractivity contribution in [3.8, 4) is 11.5 Å². The lowest BCUT2D eigenvalue weighted by molar-refractivity contribution is -0.115. The van der Waals surface area contributed by atoms with Gasteiger partial charge in [0, 0.05) is 21.8 Å². The van der Waals surface area contributed by atoms with Crippen molar-refractivity contribution in [3.63, 3.8) is 0 Å². The van der Waals surface area contributed by atoms with Crippen LogP contribution in [0.3, 0.4) is 0 Å². The number of amides is 1. The van der Waals surface area contributed by atoms with Crippen molar-refractivity contribution < 1.29 is 17.6 Å². The number of fused-ring (bicyclic) bond motifs is 1. The average Bonchev–Trinajstić information content (AvgIpc) is 3.69. The molecule has 0 aliphatic heterocycles. The topological polar surface area (TPSA) is 101 Å². The fourth-order valence-electron chi connectivity index (χ4n) is 4.16. The second kappa shape index (κ2) is 11.6. The Kier molecular flexibility index (Phi) is 7.60. The first kappa shape index (κ1) is 26.8. The van der Waals surface area contributed by atoms with Crippen molar-refractivity contribution in [2.45, 2.75) is 14.4 Å². The third kappa shape index (κ3) is 6.19. The SMILES string of the molecule is O=C(Nc1ccc(-c2nc3ccccc3o2)cc1)C(Sc1ccc(NS(=O)(=O)c2cccs2)cc1)c1ccccc1. The van der Waals surface area contributed by atoms with Gasteiger partial charge in [0.15, 0.2) is 5.58 Å². The molecule has 10 heteroatoms. The fourth-order valence-corrected chi connectivity index (χ4v) is 7.24. The molecule has 6 aromatic rings. The summed E-state index contributed by atoms with van der Waals surface area (Å²) in [4.78, 5) is 18.9. The van der Waals surface area contributed by atoms with Crippen LogP contribution in [0, 0.1) is 0 Å². The van der Waals surface area contributed by atoms with E-state index in [0.717, 1.165) is 38.5 Å². The predicted octanol–water partition coefficient (Wildman–Crippen LogP) is 7.83. The first-order valence-corrected chi connectivity index (χ1v) is 15.8. The van der Waals surface area contributed by atoms with Crippen LogP contribution in [-0.2, 0) is 14.8 Å². The molecule has 0 radical (unpaired) electrons. The molecule has 1 amide bonds. The Balaban J connectivity index is 1.17. The maximum absolute atomic E-state index is 13.5. The van der Waals surface area contributed by atoms with Crippen molar-refractivity contribution in [1.29, 1.82) is 0 Å². The van der Waals surface area contributed by atoms with E-state index in [-0.39, 0.29) is 10.1 Å². The largest absolute Gasteiger partial charge is 0.436 e. The van der Waals surface area contributed by atoms with Gasteiger partial charge in [-0.05, 0) is 77.7 Å². The number of hydrogen-bond donors (Lipinski definition) is 2. The number of anilines is 2.